The Morgan fingerprint density at radius 3 is 2.56 bits per heavy atom. The first kappa shape index (κ1) is 16.2. The molecule has 2 aromatic carbocycles. The van der Waals surface area contributed by atoms with Crippen molar-refractivity contribution >= 4 is 34.3 Å². The van der Waals surface area contributed by atoms with Crippen LogP contribution in [0.2, 0.25) is 0 Å². The van der Waals surface area contributed by atoms with Gasteiger partial charge in [-0.1, -0.05) is 0 Å². The van der Waals surface area contributed by atoms with Crippen molar-refractivity contribution in [3.8, 4) is 5.75 Å². The molecule has 10 heteroatoms. The van der Waals surface area contributed by atoms with Crippen molar-refractivity contribution < 1.29 is 19.4 Å². The van der Waals surface area contributed by atoms with Crippen molar-refractivity contribution in [3.63, 3.8) is 0 Å². The lowest BCUT2D eigenvalue weighted by Gasteiger charge is -2.26. The Kier molecular flexibility index (Phi) is 3.93. The highest BCUT2D eigenvalue weighted by Crippen LogP contribution is 2.36. The van der Waals surface area contributed by atoms with Crippen molar-refractivity contribution in [2.75, 3.05) is 23.9 Å². The molecule has 1 aliphatic heterocycles. The van der Waals surface area contributed by atoms with Crippen LogP contribution in [0.4, 0.5) is 28.4 Å². The molecule has 1 heterocycles. The normalized spacial score (nSPS) is 13.0. The van der Waals surface area contributed by atoms with Crippen LogP contribution in [-0.2, 0) is 4.79 Å². The lowest BCUT2D eigenvalue weighted by Crippen LogP contribution is -2.35. The van der Waals surface area contributed by atoms with Gasteiger partial charge < -0.3 is 15.0 Å². The van der Waals surface area contributed by atoms with E-state index >= 15 is 0 Å². The minimum atomic E-state index is -0.702. The van der Waals surface area contributed by atoms with Crippen molar-refractivity contribution in [3.05, 3.63) is 56.6 Å². The first-order valence-electron chi connectivity index (χ1n) is 7.10. The standard InChI is InChI=1S/C15H12N4O6/c1-17-13-6-9(2-5-14(13)25-8-15(17)20)16-11-4-3-10(18(21)22)7-12(11)19(23)24/h2-7,16H,8H2,1H3. The third-order valence-electron chi connectivity index (χ3n) is 3.71. The van der Waals surface area contributed by atoms with Gasteiger partial charge in [0.1, 0.15) is 11.4 Å². The number of non-ortho nitro benzene ring substituents is 1. The SMILES string of the molecule is CN1C(=O)COc2ccc(Nc3ccc([N+](=O)[O-])cc3[N+](=O)[O-])cc21. The van der Waals surface area contributed by atoms with Crippen molar-refractivity contribution in [2.24, 2.45) is 0 Å². The van der Waals surface area contributed by atoms with Crippen molar-refractivity contribution in [1.29, 1.82) is 0 Å². The number of nitro benzene ring substituents is 2. The fraction of sp³-hybridized carbons (Fsp3) is 0.133. The van der Waals surface area contributed by atoms with Crippen molar-refractivity contribution in [1.82, 2.24) is 0 Å². The lowest BCUT2D eigenvalue weighted by atomic mass is 10.2. The highest BCUT2D eigenvalue weighted by Gasteiger charge is 2.23. The fourth-order valence-electron chi connectivity index (χ4n) is 2.40. The van der Waals surface area contributed by atoms with Gasteiger partial charge in [-0.15, -0.1) is 0 Å². The predicted octanol–water partition coefficient (Wildman–Crippen LogP) is 2.60. The molecule has 0 saturated heterocycles. The average Bonchev–Trinajstić information content (AvgIpc) is 2.58. The lowest BCUT2D eigenvalue weighted by molar-refractivity contribution is -0.393. The van der Waals surface area contributed by atoms with Crippen LogP contribution in [0.1, 0.15) is 0 Å². The van der Waals surface area contributed by atoms with Gasteiger partial charge in [0.2, 0.25) is 0 Å². The third-order valence-corrected chi connectivity index (χ3v) is 3.71. The van der Waals surface area contributed by atoms with Crippen LogP contribution in [0.5, 0.6) is 5.75 Å². The van der Waals surface area contributed by atoms with E-state index in [1.807, 2.05) is 0 Å². The second-order valence-electron chi connectivity index (χ2n) is 5.26. The molecule has 10 nitrogen and oxygen atoms in total. The van der Waals surface area contributed by atoms with E-state index in [9.17, 15) is 25.0 Å². The molecular formula is C15H12N4O6. The Bertz CT molecular complexity index is 898. The average molecular weight is 344 g/mol. The number of carbonyl (C=O) groups is 1. The van der Waals surface area contributed by atoms with Crippen LogP contribution in [0, 0.1) is 20.2 Å². The summed E-state index contributed by atoms with van der Waals surface area (Å²) in [6, 6.07) is 8.20. The summed E-state index contributed by atoms with van der Waals surface area (Å²) < 4.78 is 5.31. The van der Waals surface area contributed by atoms with E-state index in [0.29, 0.717) is 17.1 Å². The Morgan fingerprint density at radius 2 is 1.88 bits per heavy atom. The molecule has 0 bridgehead atoms. The molecular weight excluding hydrogens is 332 g/mol. The van der Waals surface area contributed by atoms with Crippen LogP contribution < -0.4 is 15.0 Å². The molecule has 1 aliphatic rings. The molecule has 128 valence electrons. The summed E-state index contributed by atoms with van der Waals surface area (Å²) in [6.07, 6.45) is 0. The minimum absolute atomic E-state index is 0.0515. The quantitative estimate of drug-likeness (QED) is 0.667. The summed E-state index contributed by atoms with van der Waals surface area (Å²) in [7, 11) is 1.60. The predicted molar refractivity (Wildman–Crippen MR) is 88.4 cm³/mol. The molecule has 0 aromatic heterocycles. The van der Waals surface area contributed by atoms with Gasteiger partial charge in [-0.25, -0.2) is 0 Å². The number of hydrogen-bond donors (Lipinski definition) is 1. The highest BCUT2D eigenvalue weighted by molar-refractivity contribution is 5.98. The molecule has 0 unspecified atom stereocenters. The van der Waals surface area contributed by atoms with Gasteiger partial charge in [0, 0.05) is 18.8 Å². The van der Waals surface area contributed by atoms with E-state index < -0.39 is 15.5 Å². The number of likely N-dealkylation sites (N-methyl/N-ethyl adjacent to an activating group) is 1. The van der Waals surface area contributed by atoms with Gasteiger partial charge in [-0.3, -0.25) is 25.0 Å². The minimum Gasteiger partial charge on any atom is -0.482 e. The summed E-state index contributed by atoms with van der Waals surface area (Å²) in [5.41, 5.74) is 0.293. The number of nitro groups is 2. The molecule has 25 heavy (non-hydrogen) atoms. The highest BCUT2D eigenvalue weighted by atomic mass is 16.6. The molecule has 0 atom stereocenters. The van der Waals surface area contributed by atoms with Crippen LogP contribution in [0.25, 0.3) is 0 Å². The number of nitrogens with zero attached hydrogens (tertiary/aromatic N) is 3. The maximum atomic E-state index is 11.7. The second kappa shape index (κ2) is 6.07. The zero-order valence-corrected chi connectivity index (χ0v) is 13.0. The number of benzene rings is 2. The van der Waals surface area contributed by atoms with Crippen LogP contribution in [-0.4, -0.2) is 29.4 Å². The Hall–Kier alpha value is -3.69. The Morgan fingerprint density at radius 1 is 1.12 bits per heavy atom. The number of anilines is 3. The summed E-state index contributed by atoms with van der Waals surface area (Å²) in [5, 5.41) is 24.8. The number of fused-ring (bicyclic) bond motifs is 1. The number of carbonyl (C=O) groups excluding carboxylic acids is 1. The van der Waals surface area contributed by atoms with Gasteiger partial charge in [0.25, 0.3) is 17.3 Å². The van der Waals surface area contributed by atoms with Gasteiger partial charge in [0.15, 0.2) is 6.61 Å². The van der Waals surface area contributed by atoms with Crippen molar-refractivity contribution in [2.45, 2.75) is 0 Å². The van der Waals surface area contributed by atoms with Crippen LogP contribution in [0.15, 0.2) is 36.4 Å². The van der Waals surface area contributed by atoms with E-state index in [1.165, 1.54) is 17.0 Å². The van der Waals surface area contributed by atoms with E-state index in [-0.39, 0.29) is 23.9 Å². The zero-order chi connectivity index (χ0) is 18.1. The van der Waals surface area contributed by atoms with E-state index in [4.69, 9.17) is 4.74 Å². The number of hydrogen-bond acceptors (Lipinski definition) is 7. The third kappa shape index (κ3) is 3.04. The van der Waals surface area contributed by atoms with Gasteiger partial charge in [-0.2, -0.15) is 0 Å². The van der Waals surface area contributed by atoms with Crippen LogP contribution >= 0.6 is 0 Å². The van der Waals surface area contributed by atoms with E-state index in [2.05, 4.69) is 5.32 Å². The van der Waals surface area contributed by atoms with Gasteiger partial charge in [0.05, 0.1) is 21.6 Å². The largest absolute Gasteiger partial charge is 0.482 e. The number of amides is 1. The summed E-state index contributed by atoms with van der Waals surface area (Å²) in [6.45, 7) is -0.0515. The Labute approximate surface area is 140 Å². The van der Waals surface area contributed by atoms with E-state index in [0.717, 1.165) is 6.07 Å². The zero-order valence-electron chi connectivity index (χ0n) is 13.0. The summed E-state index contributed by atoms with van der Waals surface area (Å²) in [4.78, 5) is 33.7. The molecule has 2 aromatic rings. The topological polar surface area (TPSA) is 128 Å². The molecule has 0 fully saturated rings. The fourth-order valence-corrected chi connectivity index (χ4v) is 2.40. The summed E-state index contributed by atoms with van der Waals surface area (Å²) >= 11 is 0. The molecule has 0 aliphatic carbocycles. The molecule has 0 radical (unpaired) electrons. The second-order valence-corrected chi connectivity index (χ2v) is 5.26. The number of ether oxygens (including phenoxy) is 1. The smallest absolute Gasteiger partial charge is 0.299 e. The number of rotatable bonds is 4. The van der Waals surface area contributed by atoms with E-state index in [1.54, 1.807) is 25.2 Å². The monoisotopic (exact) mass is 344 g/mol. The first-order chi connectivity index (χ1) is 11.9. The molecule has 3 rings (SSSR count). The molecule has 0 spiro atoms. The molecule has 1 amide bonds. The van der Waals surface area contributed by atoms with Crippen LogP contribution in [0.3, 0.4) is 0 Å². The Balaban J connectivity index is 1.97. The van der Waals surface area contributed by atoms with Gasteiger partial charge >= 0.3 is 0 Å². The first-order valence-corrected chi connectivity index (χ1v) is 7.10. The maximum Gasteiger partial charge on any atom is 0.299 e. The summed E-state index contributed by atoms with van der Waals surface area (Å²) in [5.74, 6) is 0.303. The molecule has 1 N–H and O–H groups in total. The van der Waals surface area contributed by atoms with Gasteiger partial charge in [-0.05, 0) is 24.3 Å². The number of nitrogens with one attached hydrogen (secondary N) is 1. The molecule has 0 saturated carbocycles. The maximum absolute atomic E-state index is 11.7.